The summed E-state index contributed by atoms with van der Waals surface area (Å²) in [5.74, 6) is 1.95. The van der Waals surface area contributed by atoms with Crippen molar-refractivity contribution in [3.05, 3.63) is 59.5 Å². The van der Waals surface area contributed by atoms with E-state index >= 15 is 0 Å². The lowest BCUT2D eigenvalue weighted by Gasteiger charge is -2.16. The molecule has 1 aromatic heterocycles. The molecule has 0 aliphatic rings. The van der Waals surface area contributed by atoms with Crippen LogP contribution < -0.4 is 5.32 Å². The number of hydrogen-bond donors (Lipinski definition) is 1. The lowest BCUT2D eigenvalue weighted by Crippen LogP contribution is -2.22. The van der Waals surface area contributed by atoms with E-state index in [0.29, 0.717) is 0 Å². The van der Waals surface area contributed by atoms with Crippen LogP contribution in [-0.4, -0.2) is 6.54 Å². The Balaban J connectivity index is 2.25. The van der Waals surface area contributed by atoms with E-state index in [-0.39, 0.29) is 6.04 Å². The van der Waals surface area contributed by atoms with Crippen LogP contribution in [0.2, 0.25) is 0 Å². The van der Waals surface area contributed by atoms with Crippen molar-refractivity contribution in [2.45, 2.75) is 26.3 Å². The zero-order valence-electron chi connectivity index (χ0n) is 10.4. The quantitative estimate of drug-likeness (QED) is 0.846. The third-order valence-corrected chi connectivity index (χ3v) is 2.78. The molecular weight excluding hydrogens is 210 g/mol. The Kier molecular flexibility index (Phi) is 3.99. The fraction of sp³-hybridized carbons (Fsp3) is 0.333. The van der Waals surface area contributed by atoms with Gasteiger partial charge in [0, 0.05) is 0 Å². The highest BCUT2D eigenvalue weighted by atomic mass is 16.3. The molecule has 0 aliphatic heterocycles. The SMILES string of the molecule is CCCNC(c1ccccc1)c1ccc(C)o1. The van der Waals surface area contributed by atoms with Crippen molar-refractivity contribution in [2.75, 3.05) is 6.54 Å². The minimum absolute atomic E-state index is 0.157. The Labute approximate surface area is 103 Å². The maximum absolute atomic E-state index is 5.73. The first kappa shape index (κ1) is 11.9. The van der Waals surface area contributed by atoms with Crippen molar-refractivity contribution in [2.24, 2.45) is 0 Å². The van der Waals surface area contributed by atoms with Crippen LogP contribution in [0, 0.1) is 6.92 Å². The van der Waals surface area contributed by atoms with E-state index in [0.717, 1.165) is 24.5 Å². The number of rotatable bonds is 5. The Bertz CT molecular complexity index is 447. The zero-order chi connectivity index (χ0) is 12.1. The molecule has 0 radical (unpaired) electrons. The number of benzene rings is 1. The van der Waals surface area contributed by atoms with Gasteiger partial charge in [-0.1, -0.05) is 37.3 Å². The summed E-state index contributed by atoms with van der Waals surface area (Å²) >= 11 is 0. The van der Waals surface area contributed by atoms with Gasteiger partial charge < -0.3 is 9.73 Å². The van der Waals surface area contributed by atoms with Crippen LogP contribution in [0.25, 0.3) is 0 Å². The summed E-state index contributed by atoms with van der Waals surface area (Å²) in [4.78, 5) is 0. The van der Waals surface area contributed by atoms with Gasteiger partial charge in [0.25, 0.3) is 0 Å². The van der Waals surface area contributed by atoms with Crippen LogP contribution in [0.5, 0.6) is 0 Å². The largest absolute Gasteiger partial charge is 0.464 e. The first-order valence-corrected chi connectivity index (χ1v) is 6.16. The lowest BCUT2D eigenvalue weighted by molar-refractivity contribution is 0.430. The lowest BCUT2D eigenvalue weighted by atomic mass is 10.0. The van der Waals surface area contributed by atoms with Gasteiger partial charge in [-0.25, -0.2) is 0 Å². The standard InChI is InChI=1S/C15H19NO/c1-3-11-16-15(13-7-5-4-6-8-13)14-10-9-12(2)17-14/h4-10,15-16H,3,11H2,1-2H3. The highest BCUT2D eigenvalue weighted by Crippen LogP contribution is 2.23. The smallest absolute Gasteiger partial charge is 0.125 e. The molecule has 1 atom stereocenters. The first-order chi connectivity index (χ1) is 8.31. The minimum Gasteiger partial charge on any atom is -0.464 e. The molecule has 0 spiro atoms. The first-order valence-electron chi connectivity index (χ1n) is 6.16. The van der Waals surface area contributed by atoms with Gasteiger partial charge in [-0.2, -0.15) is 0 Å². The van der Waals surface area contributed by atoms with E-state index in [1.54, 1.807) is 0 Å². The third-order valence-electron chi connectivity index (χ3n) is 2.78. The molecule has 2 rings (SSSR count). The van der Waals surface area contributed by atoms with Crippen LogP contribution in [0.1, 0.15) is 36.5 Å². The highest BCUT2D eigenvalue weighted by molar-refractivity contribution is 5.27. The Morgan fingerprint density at radius 2 is 1.88 bits per heavy atom. The average Bonchev–Trinajstić information content (AvgIpc) is 2.78. The van der Waals surface area contributed by atoms with Crippen LogP contribution in [0.4, 0.5) is 0 Å². The second-order valence-electron chi connectivity index (χ2n) is 4.25. The molecule has 1 aromatic carbocycles. The summed E-state index contributed by atoms with van der Waals surface area (Å²) in [6, 6.07) is 14.6. The number of nitrogens with one attached hydrogen (secondary N) is 1. The normalized spacial score (nSPS) is 12.6. The molecule has 0 saturated heterocycles. The van der Waals surface area contributed by atoms with E-state index < -0.39 is 0 Å². The Hall–Kier alpha value is -1.54. The van der Waals surface area contributed by atoms with Crippen LogP contribution in [-0.2, 0) is 0 Å². The molecule has 1 unspecified atom stereocenters. The molecule has 1 heterocycles. The number of aryl methyl sites for hydroxylation is 1. The van der Waals surface area contributed by atoms with Crippen molar-refractivity contribution >= 4 is 0 Å². The van der Waals surface area contributed by atoms with Gasteiger partial charge in [0.2, 0.25) is 0 Å². The van der Waals surface area contributed by atoms with Crippen molar-refractivity contribution in [3.8, 4) is 0 Å². The summed E-state index contributed by atoms with van der Waals surface area (Å²) in [6.45, 7) is 5.13. The predicted octanol–water partition coefficient (Wildman–Crippen LogP) is 3.68. The predicted molar refractivity (Wildman–Crippen MR) is 70.0 cm³/mol. The summed E-state index contributed by atoms with van der Waals surface area (Å²) in [5.41, 5.74) is 1.25. The molecule has 1 N–H and O–H groups in total. The van der Waals surface area contributed by atoms with E-state index in [9.17, 15) is 0 Å². The highest BCUT2D eigenvalue weighted by Gasteiger charge is 2.15. The third kappa shape index (κ3) is 2.98. The number of furan rings is 1. The second-order valence-corrected chi connectivity index (χ2v) is 4.25. The summed E-state index contributed by atoms with van der Waals surface area (Å²) < 4.78 is 5.73. The maximum Gasteiger partial charge on any atom is 0.125 e. The Morgan fingerprint density at radius 3 is 2.47 bits per heavy atom. The van der Waals surface area contributed by atoms with E-state index in [1.165, 1.54) is 5.56 Å². The minimum atomic E-state index is 0.157. The second kappa shape index (κ2) is 5.69. The fourth-order valence-electron chi connectivity index (χ4n) is 1.93. The van der Waals surface area contributed by atoms with Gasteiger partial charge in [-0.3, -0.25) is 0 Å². The summed E-state index contributed by atoms with van der Waals surface area (Å²) in [5, 5.41) is 3.52. The van der Waals surface area contributed by atoms with Gasteiger partial charge in [0.15, 0.2) is 0 Å². The van der Waals surface area contributed by atoms with Gasteiger partial charge >= 0.3 is 0 Å². The maximum atomic E-state index is 5.73. The summed E-state index contributed by atoms with van der Waals surface area (Å²) in [6.07, 6.45) is 1.11. The fourth-order valence-corrected chi connectivity index (χ4v) is 1.93. The number of hydrogen-bond acceptors (Lipinski definition) is 2. The van der Waals surface area contributed by atoms with Gasteiger partial charge in [0.05, 0.1) is 6.04 Å². The molecule has 17 heavy (non-hydrogen) atoms. The van der Waals surface area contributed by atoms with E-state index in [4.69, 9.17) is 4.42 Å². The summed E-state index contributed by atoms with van der Waals surface area (Å²) in [7, 11) is 0. The molecule has 0 saturated carbocycles. The monoisotopic (exact) mass is 229 g/mol. The molecule has 0 amide bonds. The molecule has 0 aliphatic carbocycles. The van der Waals surface area contributed by atoms with Crippen molar-refractivity contribution in [1.29, 1.82) is 0 Å². The average molecular weight is 229 g/mol. The zero-order valence-corrected chi connectivity index (χ0v) is 10.4. The molecule has 2 aromatic rings. The van der Waals surface area contributed by atoms with Gasteiger partial charge in [-0.15, -0.1) is 0 Å². The van der Waals surface area contributed by atoms with Crippen LogP contribution in [0.3, 0.4) is 0 Å². The van der Waals surface area contributed by atoms with E-state index in [2.05, 4.69) is 42.6 Å². The van der Waals surface area contributed by atoms with Crippen LogP contribution >= 0.6 is 0 Å². The van der Waals surface area contributed by atoms with Crippen molar-refractivity contribution in [3.63, 3.8) is 0 Å². The molecule has 2 heteroatoms. The van der Waals surface area contributed by atoms with Crippen LogP contribution in [0.15, 0.2) is 46.9 Å². The van der Waals surface area contributed by atoms with Gasteiger partial charge in [0.1, 0.15) is 11.5 Å². The topological polar surface area (TPSA) is 25.2 Å². The van der Waals surface area contributed by atoms with E-state index in [1.807, 2.05) is 19.1 Å². The molecule has 2 nitrogen and oxygen atoms in total. The Morgan fingerprint density at radius 1 is 1.12 bits per heavy atom. The molecule has 90 valence electrons. The molecular formula is C15H19NO. The molecule has 0 bridgehead atoms. The van der Waals surface area contributed by atoms with Crippen molar-refractivity contribution < 1.29 is 4.42 Å². The molecule has 0 fully saturated rings. The van der Waals surface area contributed by atoms with Crippen molar-refractivity contribution in [1.82, 2.24) is 5.32 Å². The van der Waals surface area contributed by atoms with Gasteiger partial charge in [-0.05, 0) is 37.6 Å².